The summed E-state index contributed by atoms with van der Waals surface area (Å²) >= 11 is 0. The molecule has 30 heavy (non-hydrogen) atoms. The van der Waals surface area contributed by atoms with Crippen molar-refractivity contribution in [3.8, 4) is 0 Å². The number of rotatable bonds is 4. The summed E-state index contributed by atoms with van der Waals surface area (Å²) < 4.78 is 0. The van der Waals surface area contributed by atoms with Crippen molar-refractivity contribution in [2.45, 2.75) is 92.6 Å². The molecule has 4 aliphatic carbocycles. The molecular formula is C28H44O2. The molecule has 1 N–H and O–H groups in total. The van der Waals surface area contributed by atoms with Gasteiger partial charge in [0.05, 0.1) is 6.10 Å². The van der Waals surface area contributed by atoms with Crippen LogP contribution in [0.2, 0.25) is 0 Å². The van der Waals surface area contributed by atoms with Crippen LogP contribution in [0.5, 0.6) is 0 Å². The minimum absolute atomic E-state index is 0.134. The summed E-state index contributed by atoms with van der Waals surface area (Å²) in [6.45, 7) is 14.3. The van der Waals surface area contributed by atoms with Crippen molar-refractivity contribution >= 4 is 5.78 Å². The van der Waals surface area contributed by atoms with Crippen LogP contribution in [0, 0.1) is 52.3 Å². The van der Waals surface area contributed by atoms with Gasteiger partial charge >= 0.3 is 0 Å². The summed E-state index contributed by atoms with van der Waals surface area (Å²) in [5.74, 6) is 4.52. The number of ketones is 1. The van der Waals surface area contributed by atoms with Gasteiger partial charge in [-0.1, -0.05) is 59.3 Å². The van der Waals surface area contributed by atoms with Crippen molar-refractivity contribution in [3.63, 3.8) is 0 Å². The Kier molecular flexibility index (Phi) is 5.88. The monoisotopic (exact) mass is 412 g/mol. The number of hydrogen-bond donors (Lipinski definition) is 1. The van der Waals surface area contributed by atoms with Crippen LogP contribution >= 0.6 is 0 Å². The normalized spacial score (nSPS) is 45.7. The van der Waals surface area contributed by atoms with Crippen LogP contribution in [-0.2, 0) is 4.79 Å². The van der Waals surface area contributed by atoms with Crippen molar-refractivity contribution in [2.75, 3.05) is 0 Å². The average Bonchev–Trinajstić information content (AvgIpc) is 3.04. The van der Waals surface area contributed by atoms with E-state index in [-0.39, 0.29) is 17.3 Å². The third-order valence-electron chi connectivity index (χ3n) is 10.5. The van der Waals surface area contributed by atoms with E-state index in [1.54, 1.807) is 0 Å². The molecule has 3 saturated carbocycles. The number of carbonyl (C=O) groups excluding carboxylic acids is 1. The summed E-state index contributed by atoms with van der Waals surface area (Å²) in [4.78, 5) is 12.1. The first-order valence-corrected chi connectivity index (χ1v) is 12.7. The fourth-order valence-corrected chi connectivity index (χ4v) is 8.14. The minimum Gasteiger partial charge on any atom is -0.392 e. The van der Waals surface area contributed by atoms with Gasteiger partial charge in [0, 0.05) is 6.42 Å². The zero-order chi connectivity index (χ0) is 21.8. The zero-order valence-corrected chi connectivity index (χ0v) is 20.2. The highest BCUT2D eigenvalue weighted by Crippen LogP contribution is 2.67. The lowest BCUT2D eigenvalue weighted by molar-refractivity contribution is -0.124. The molecule has 0 unspecified atom stereocenters. The van der Waals surface area contributed by atoms with E-state index in [1.165, 1.54) is 31.3 Å². The summed E-state index contributed by atoms with van der Waals surface area (Å²) in [6, 6.07) is 0. The number of aliphatic hydroxyl groups excluding tert-OH is 1. The number of hydrogen-bond acceptors (Lipinski definition) is 2. The predicted octanol–water partition coefficient (Wildman–Crippen LogP) is 6.59. The van der Waals surface area contributed by atoms with Crippen LogP contribution in [0.4, 0.5) is 0 Å². The van der Waals surface area contributed by atoms with E-state index in [0.717, 1.165) is 18.8 Å². The van der Waals surface area contributed by atoms with Gasteiger partial charge in [-0.2, -0.15) is 0 Å². The Morgan fingerprint density at radius 1 is 1.03 bits per heavy atom. The molecule has 4 aliphatic rings. The molecule has 0 saturated heterocycles. The van der Waals surface area contributed by atoms with Gasteiger partial charge in [0.1, 0.15) is 0 Å². The Morgan fingerprint density at radius 3 is 2.47 bits per heavy atom. The SMILES string of the molecule is CC(C)[C@@H](C)/C=C/[C@@H](C)[C@H]1CC[C@H]2[C@@H]3[C@@H](O)CC4=CC(=O)CC[C@]4(C)[C@H]3CC[C@]12C. The quantitative estimate of drug-likeness (QED) is 0.529. The van der Waals surface area contributed by atoms with Crippen molar-refractivity contribution in [3.05, 3.63) is 23.8 Å². The van der Waals surface area contributed by atoms with E-state index >= 15 is 0 Å². The van der Waals surface area contributed by atoms with Crippen LogP contribution in [-0.4, -0.2) is 17.0 Å². The van der Waals surface area contributed by atoms with Gasteiger partial charge < -0.3 is 5.11 Å². The number of carbonyl (C=O) groups is 1. The summed E-state index contributed by atoms with van der Waals surface area (Å²) in [5.41, 5.74) is 1.73. The van der Waals surface area contributed by atoms with E-state index in [9.17, 15) is 9.90 Å². The van der Waals surface area contributed by atoms with Gasteiger partial charge in [0.25, 0.3) is 0 Å². The number of aliphatic hydroxyl groups is 1. The van der Waals surface area contributed by atoms with E-state index in [1.807, 2.05) is 6.08 Å². The highest BCUT2D eigenvalue weighted by molar-refractivity contribution is 5.91. The Labute approximate surface area is 184 Å². The highest BCUT2D eigenvalue weighted by atomic mass is 16.3. The standard InChI is InChI=1S/C28H44O2/c1-17(2)18(3)7-8-19(4)22-9-10-23-26-24(12-14-28(22,23)6)27(5)13-11-21(29)15-20(27)16-25(26)30/h7-8,15,17-19,22-26,30H,9-14,16H2,1-6H3/b8-7+/t18-,19+,22+,23-,24-,25-,26-,27-,28+/m0/s1. The van der Waals surface area contributed by atoms with Gasteiger partial charge in [-0.15, -0.1) is 0 Å². The smallest absolute Gasteiger partial charge is 0.155 e. The van der Waals surface area contributed by atoms with E-state index < -0.39 is 0 Å². The molecule has 168 valence electrons. The molecule has 0 aromatic carbocycles. The number of fused-ring (bicyclic) bond motifs is 5. The Morgan fingerprint density at radius 2 is 1.77 bits per heavy atom. The topological polar surface area (TPSA) is 37.3 Å². The second kappa shape index (κ2) is 7.91. The van der Waals surface area contributed by atoms with Crippen molar-refractivity contribution in [1.29, 1.82) is 0 Å². The molecule has 0 radical (unpaired) electrons. The second-order valence-corrected chi connectivity index (χ2v) is 12.2. The largest absolute Gasteiger partial charge is 0.392 e. The maximum Gasteiger partial charge on any atom is 0.155 e. The lowest BCUT2D eigenvalue weighted by Crippen LogP contribution is -2.55. The minimum atomic E-state index is -0.268. The summed E-state index contributed by atoms with van der Waals surface area (Å²) in [7, 11) is 0. The van der Waals surface area contributed by atoms with Gasteiger partial charge in [-0.25, -0.2) is 0 Å². The van der Waals surface area contributed by atoms with Crippen LogP contribution in [0.3, 0.4) is 0 Å². The molecular weight excluding hydrogens is 368 g/mol. The van der Waals surface area contributed by atoms with E-state index in [0.29, 0.717) is 47.3 Å². The van der Waals surface area contributed by atoms with Crippen LogP contribution in [0.1, 0.15) is 86.5 Å². The molecule has 3 fully saturated rings. The maximum absolute atomic E-state index is 12.1. The highest BCUT2D eigenvalue weighted by Gasteiger charge is 2.61. The molecule has 0 amide bonds. The van der Waals surface area contributed by atoms with Gasteiger partial charge in [0.15, 0.2) is 5.78 Å². The molecule has 0 bridgehead atoms. The Hall–Kier alpha value is -0.890. The van der Waals surface area contributed by atoms with Gasteiger partial charge in [0.2, 0.25) is 0 Å². The van der Waals surface area contributed by atoms with Crippen LogP contribution in [0.15, 0.2) is 23.8 Å². The maximum atomic E-state index is 12.1. The second-order valence-electron chi connectivity index (χ2n) is 12.2. The summed E-state index contributed by atoms with van der Waals surface area (Å²) in [6.07, 6.45) is 14.1. The third-order valence-corrected chi connectivity index (χ3v) is 10.5. The Balaban J connectivity index is 1.57. The van der Waals surface area contributed by atoms with Crippen molar-refractivity contribution in [1.82, 2.24) is 0 Å². The average molecular weight is 413 g/mol. The Bertz CT molecular complexity index is 733. The van der Waals surface area contributed by atoms with Gasteiger partial charge in [-0.05, 0) is 96.9 Å². The van der Waals surface area contributed by atoms with Gasteiger partial charge in [-0.3, -0.25) is 4.79 Å². The first-order chi connectivity index (χ1) is 14.1. The lowest BCUT2D eigenvalue weighted by atomic mass is 9.46. The third kappa shape index (κ3) is 3.46. The van der Waals surface area contributed by atoms with E-state index in [2.05, 4.69) is 53.7 Å². The lowest BCUT2D eigenvalue weighted by Gasteiger charge is -2.59. The molecule has 9 atom stereocenters. The fourth-order valence-electron chi connectivity index (χ4n) is 8.14. The summed E-state index contributed by atoms with van der Waals surface area (Å²) in [5, 5.41) is 11.3. The number of allylic oxidation sites excluding steroid dienone is 2. The van der Waals surface area contributed by atoms with E-state index in [4.69, 9.17) is 0 Å². The molecule has 0 spiro atoms. The molecule has 2 heteroatoms. The molecule has 0 aromatic heterocycles. The molecule has 0 aromatic rings. The van der Waals surface area contributed by atoms with Crippen LogP contribution in [0.25, 0.3) is 0 Å². The molecule has 0 heterocycles. The zero-order valence-electron chi connectivity index (χ0n) is 20.2. The van der Waals surface area contributed by atoms with Crippen molar-refractivity contribution in [2.24, 2.45) is 52.3 Å². The molecule has 4 rings (SSSR count). The fraction of sp³-hybridized carbons (Fsp3) is 0.821. The first kappa shape index (κ1) is 22.3. The first-order valence-electron chi connectivity index (χ1n) is 12.7. The van der Waals surface area contributed by atoms with Crippen LogP contribution < -0.4 is 0 Å². The molecule has 0 aliphatic heterocycles. The van der Waals surface area contributed by atoms with Crippen molar-refractivity contribution < 1.29 is 9.90 Å². The molecule has 2 nitrogen and oxygen atoms in total. The predicted molar refractivity (Wildman–Crippen MR) is 124 cm³/mol.